The van der Waals surface area contributed by atoms with Crippen LogP contribution < -0.4 is 5.32 Å². The van der Waals surface area contributed by atoms with Gasteiger partial charge >= 0.3 is 0 Å². The average molecular weight is 401 g/mol. The zero-order chi connectivity index (χ0) is 22.0. The number of amides is 1. The summed E-state index contributed by atoms with van der Waals surface area (Å²) in [5, 5.41) is 2.98. The zero-order valence-corrected chi connectivity index (χ0v) is 18.4. The van der Waals surface area contributed by atoms with Gasteiger partial charge in [-0.15, -0.1) is 0 Å². The topological polar surface area (TPSA) is 32.3 Å². The Morgan fingerprint density at radius 1 is 0.800 bits per heavy atom. The van der Waals surface area contributed by atoms with Crippen molar-refractivity contribution < 1.29 is 4.79 Å². The third-order valence-corrected chi connectivity index (χ3v) is 5.01. The molecule has 156 valence electrons. The lowest BCUT2D eigenvalue weighted by Crippen LogP contribution is -2.50. The maximum atomic E-state index is 12.1. The third-order valence-electron chi connectivity index (χ3n) is 5.01. The minimum atomic E-state index is -0.549. The van der Waals surface area contributed by atoms with E-state index in [9.17, 15) is 4.79 Å². The molecule has 1 N–H and O–H groups in total. The SMILES string of the molecule is C=C(C)C(=O)NCN(C)C(c1ccccc1)(c1ccccc1)c1ccccc1.CC. The maximum absolute atomic E-state index is 12.1. The lowest BCUT2D eigenvalue weighted by atomic mass is 9.76. The Morgan fingerprint density at radius 2 is 1.13 bits per heavy atom. The van der Waals surface area contributed by atoms with Crippen molar-refractivity contribution in [3.63, 3.8) is 0 Å². The van der Waals surface area contributed by atoms with E-state index in [-0.39, 0.29) is 5.91 Å². The summed E-state index contributed by atoms with van der Waals surface area (Å²) in [6, 6.07) is 31.2. The largest absolute Gasteiger partial charge is 0.340 e. The van der Waals surface area contributed by atoms with Crippen LogP contribution in [0.5, 0.6) is 0 Å². The summed E-state index contributed by atoms with van der Waals surface area (Å²) in [7, 11) is 2.03. The lowest BCUT2D eigenvalue weighted by Gasteiger charge is -2.43. The van der Waals surface area contributed by atoms with Crippen LogP contribution >= 0.6 is 0 Å². The average Bonchev–Trinajstić information content (AvgIpc) is 2.81. The van der Waals surface area contributed by atoms with Gasteiger partial charge in [-0.2, -0.15) is 0 Å². The minimum absolute atomic E-state index is 0.144. The van der Waals surface area contributed by atoms with Gasteiger partial charge in [0.25, 0.3) is 0 Å². The fourth-order valence-corrected chi connectivity index (χ4v) is 3.66. The Labute approximate surface area is 181 Å². The molecule has 0 radical (unpaired) electrons. The molecular weight excluding hydrogens is 368 g/mol. The van der Waals surface area contributed by atoms with E-state index in [4.69, 9.17) is 0 Å². The number of hydrogen-bond acceptors (Lipinski definition) is 2. The van der Waals surface area contributed by atoms with Crippen LogP contribution in [-0.4, -0.2) is 24.5 Å². The second-order valence-electron chi connectivity index (χ2n) is 6.95. The van der Waals surface area contributed by atoms with E-state index in [1.54, 1.807) is 6.92 Å². The molecule has 0 aromatic heterocycles. The molecule has 3 aromatic carbocycles. The third kappa shape index (κ3) is 4.87. The van der Waals surface area contributed by atoms with Gasteiger partial charge in [0.15, 0.2) is 0 Å². The van der Waals surface area contributed by atoms with Crippen molar-refractivity contribution in [2.45, 2.75) is 26.3 Å². The molecule has 0 unspecified atom stereocenters. The number of carbonyl (C=O) groups excluding carboxylic acids is 1. The molecule has 0 spiro atoms. The first-order valence-corrected chi connectivity index (χ1v) is 10.4. The summed E-state index contributed by atoms with van der Waals surface area (Å²) in [5.74, 6) is -0.144. The van der Waals surface area contributed by atoms with Crippen molar-refractivity contribution in [3.8, 4) is 0 Å². The Bertz CT molecular complexity index is 824. The van der Waals surface area contributed by atoms with Crippen LogP contribution in [-0.2, 0) is 10.3 Å². The van der Waals surface area contributed by atoms with E-state index in [0.29, 0.717) is 12.2 Å². The van der Waals surface area contributed by atoms with Crippen molar-refractivity contribution in [2.24, 2.45) is 0 Å². The molecule has 0 atom stereocenters. The molecule has 1 amide bonds. The van der Waals surface area contributed by atoms with Crippen LogP contribution in [0.25, 0.3) is 0 Å². The minimum Gasteiger partial charge on any atom is -0.340 e. The van der Waals surface area contributed by atoms with Crippen LogP contribution in [0.2, 0.25) is 0 Å². The van der Waals surface area contributed by atoms with E-state index >= 15 is 0 Å². The van der Waals surface area contributed by atoms with Crippen LogP contribution in [0, 0.1) is 0 Å². The monoisotopic (exact) mass is 400 g/mol. The highest BCUT2D eigenvalue weighted by atomic mass is 16.1. The van der Waals surface area contributed by atoms with Gasteiger partial charge in [-0.1, -0.05) is 111 Å². The van der Waals surface area contributed by atoms with Gasteiger partial charge in [0.05, 0.1) is 12.2 Å². The molecule has 0 heterocycles. The maximum Gasteiger partial charge on any atom is 0.247 e. The van der Waals surface area contributed by atoms with Gasteiger partial charge in [0, 0.05) is 5.57 Å². The number of benzene rings is 3. The Kier molecular flexibility index (Phi) is 8.57. The van der Waals surface area contributed by atoms with E-state index in [0.717, 1.165) is 16.7 Å². The predicted molar refractivity (Wildman–Crippen MR) is 126 cm³/mol. The predicted octanol–water partition coefficient (Wildman–Crippen LogP) is 5.59. The highest BCUT2D eigenvalue weighted by Gasteiger charge is 2.40. The fraction of sp³-hybridized carbons (Fsp3) is 0.222. The van der Waals surface area contributed by atoms with Gasteiger partial charge < -0.3 is 5.32 Å². The molecule has 0 aliphatic carbocycles. The molecule has 0 saturated carbocycles. The fourth-order valence-electron chi connectivity index (χ4n) is 3.66. The molecule has 0 bridgehead atoms. The van der Waals surface area contributed by atoms with Crippen LogP contribution in [0.3, 0.4) is 0 Å². The van der Waals surface area contributed by atoms with Crippen molar-refractivity contribution >= 4 is 5.91 Å². The molecule has 3 aromatic rings. The quantitative estimate of drug-likeness (QED) is 0.319. The Hall–Kier alpha value is -3.17. The first-order valence-electron chi connectivity index (χ1n) is 10.4. The van der Waals surface area contributed by atoms with E-state index in [1.807, 2.05) is 39.1 Å². The van der Waals surface area contributed by atoms with Gasteiger partial charge in [-0.05, 0) is 30.7 Å². The first kappa shape index (κ1) is 23.1. The molecule has 0 aliphatic rings. The van der Waals surface area contributed by atoms with E-state index in [1.165, 1.54) is 0 Å². The highest BCUT2D eigenvalue weighted by molar-refractivity contribution is 5.92. The summed E-state index contributed by atoms with van der Waals surface area (Å²) in [6.07, 6.45) is 0. The summed E-state index contributed by atoms with van der Waals surface area (Å²) < 4.78 is 0. The van der Waals surface area contributed by atoms with Crippen molar-refractivity contribution in [3.05, 3.63) is 120 Å². The molecule has 3 nitrogen and oxygen atoms in total. The standard InChI is InChI=1S/C25H26N2O.C2H6/c1-20(2)24(28)26-19-27(3)25(21-13-7-4-8-14-21,22-15-9-5-10-16-22)23-17-11-6-12-18-23;1-2/h4-18H,1,19H2,2-3H3,(H,26,28);1-2H3. The van der Waals surface area contributed by atoms with Gasteiger partial charge in [-0.3, -0.25) is 9.69 Å². The highest BCUT2D eigenvalue weighted by Crippen LogP contribution is 2.41. The number of rotatable bonds is 7. The number of nitrogens with zero attached hydrogens (tertiary/aromatic N) is 1. The van der Waals surface area contributed by atoms with Crippen LogP contribution in [0.15, 0.2) is 103 Å². The number of carbonyl (C=O) groups is 1. The molecule has 3 rings (SSSR count). The molecule has 0 fully saturated rings. The second-order valence-corrected chi connectivity index (χ2v) is 6.95. The Balaban J connectivity index is 0.00000155. The van der Waals surface area contributed by atoms with Gasteiger partial charge in [0.1, 0.15) is 0 Å². The summed E-state index contributed by atoms with van der Waals surface area (Å²) in [5.41, 5.74) is 3.36. The molecule has 0 aliphatic heterocycles. The first-order chi connectivity index (χ1) is 14.6. The molecule has 0 saturated heterocycles. The lowest BCUT2D eigenvalue weighted by molar-refractivity contribution is -0.118. The normalized spacial score (nSPS) is 10.7. The number of nitrogens with one attached hydrogen (secondary N) is 1. The van der Waals surface area contributed by atoms with E-state index < -0.39 is 5.54 Å². The van der Waals surface area contributed by atoms with Gasteiger partial charge in [0.2, 0.25) is 5.91 Å². The van der Waals surface area contributed by atoms with Crippen molar-refractivity contribution in [2.75, 3.05) is 13.7 Å². The summed E-state index contributed by atoms with van der Waals surface area (Å²) >= 11 is 0. The van der Waals surface area contributed by atoms with Crippen molar-refractivity contribution in [1.29, 1.82) is 0 Å². The van der Waals surface area contributed by atoms with Crippen LogP contribution in [0.4, 0.5) is 0 Å². The zero-order valence-electron chi connectivity index (χ0n) is 18.4. The summed E-state index contributed by atoms with van der Waals surface area (Å²) in [4.78, 5) is 14.3. The molecular formula is C27H32N2O. The number of hydrogen-bond donors (Lipinski definition) is 1. The Morgan fingerprint density at radius 3 is 1.43 bits per heavy atom. The smallest absolute Gasteiger partial charge is 0.247 e. The molecule has 3 heteroatoms. The summed E-state index contributed by atoms with van der Waals surface area (Å²) in [6.45, 7) is 9.83. The second kappa shape index (κ2) is 11.1. The van der Waals surface area contributed by atoms with Gasteiger partial charge in [-0.25, -0.2) is 0 Å². The molecule has 30 heavy (non-hydrogen) atoms. The van der Waals surface area contributed by atoms with Crippen LogP contribution in [0.1, 0.15) is 37.5 Å². The van der Waals surface area contributed by atoms with Crippen molar-refractivity contribution in [1.82, 2.24) is 10.2 Å². The van der Waals surface area contributed by atoms with E-state index in [2.05, 4.69) is 89.6 Å².